The molecule has 1 saturated carbocycles. The first-order valence-electron chi connectivity index (χ1n) is 10.7. The molecule has 0 aromatic heterocycles. The number of methoxy groups -OCH3 is 1. The molecule has 32 heavy (non-hydrogen) atoms. The van der Waals surface area contributed by atoms with Gasteiger partial charge < -0.3 is 9.47 Å². The van der Waals surface area contributed by atoms with E-state index in [0.717, 1.165) is 23.4 Å². The highest BCUT2D eigenvalue weighted by molar-refractivity contribution is 6.30. The Labute approximate surface area is 191 Å². The summed E-state index contributed by atoms with van der Waals surface area (Å²) in [7, 11) is 1.56. The maximum absolute atomic E-state index is 12.9. The number of halogens is 1. The molecule has 0 N–H and O–H groups in total. The highest BCUT2D eigenvalue weighted by Crippen LogP contribution is 2.49. The Hall–Kier alpha value is -3.12. The molecule has 1 heterocycles. The van der Waals surface area contributed by atoms with Gasteiger partial charge in [0.15, 0.2) is 11.5 Å². The monoisotopic (exact) mass is 450 g/mol. The minimum absolute atomic E-state index is 0.152. The second-order valence-corrected chi connectivity index (χ2v) is 8.84. The fourth-order valence-corrected chi connectivity index (χ4v) is 5.05. The van der Waals surface area contributed by atoms with Crippen molar-refractivity contribution in [2.24, 2.45) is 28.8 Å². The van der Waals surface area contributed by atoms with E-state index in [1.54, 1.807) is 19.2 Å². The molecular formula is C25H23ClN2O4. The zero-order valence-corrected chi connectivity index (χ0v) is 18.4. The maximum atomic E-state index is 12.9. The molecule has 0 spiro atoms. The normalized spacial score (nSPS) is 26.1. The van der Waals surface area contributed by atoms with E-state index in [0.29, 0.717) is 28.7 Å². The number of rotatable bonds is 6. The Balaban J connectivity index is 1.30. The van der Waals surface area contributed by atoms with Crippen LogP contribution in [-0.4, -0.2) is 30.1 Å². The number of imide groups is 1. The van der Waals surface area contributed by atoms with Crippen LogP contribution < -0.4 is 9.47 Å². The molecule has 2 aromatic rings. The molecule has 6 rings (SSSR count). The fraction of sp³-hybridized carbons (Fsp3) is 0.320. The summed E-state index contributed by atoms with van der Waals surface area (Å²) in [6.07, 6.45) is 7.65. The van der Waals surface area contributed by atoms with Gasteiger partial charge in [-0.2, -0.15) is 10.1 Å². The van der Waals surface area contributed by atoms with E-state index in [4.69, 9.17) is 21.1 Å². The van der Waals surface area contributed by atoms with Crippen LogP contribution in [0.2, 0.25) is 5.02 Å². The topological polar surface area (TPSA) is 68.2 Å². The minimum atomic E-state index is -0.262. The number of nitrogens with zero attached hydrogens (tertiary/aromatic N) is 2. The van der Waals surface area contributed by atoms with Gasteiger partial charge in [-0.25, -0.2) is 0 Å². The Morgan fingerprint density at radius 1 is 1.00 bits per heavy atom. The number of hydrogen-bond acceptors (Lipinski definition) is 5. The molecule has 4 atom stereocenters. The number of ether oxygens (including phenoxy) is 2. The summed E-state index contributed by atoms with van der Waals surface area (Å²) in [5.74, 6) is 0.524. The number of hydrazone groups is 1. The van der Waals surface area contributed by atoms with Crippen LogP contribution in [0.5, 0.6) is 11.5 Å². The van der Waals surface area contributed by atoms with E-state index in [1.165, 1.54) is 6.21 Å². The summed E-state index contributed by atoms with van der Waals surface area (Å²) in [5, 5.41) is 5.99. The van der Waals surface area contributed by atoms with Gasteiger partial charge in [-0.1, -0.05) is 35.9 Å². The summed E-state index contributed by atoms with van der Waals surface area (Å²) in [4.78, 5) is 25.8. The minimum Gasteiger partial charge on any atom is -0.493 e. The average Bonchev–Trinajstić information content (AvgIpc) is 3.10. The third kappa shape index (κ3) is 3.69. The van der Waals surface area contributed by atoms with Crippen LogP contribution in [0.3, 0.4) is 0 Å². The van der Waals surface area contributed by atoms with E-state index < -0.39 is 0 Å². The summed E-state index contributed by atoms with van der Waals surface area (Å²) < 4.78 is 11.3. The summed E-state index contributed by atoms with van der Waals surface area (Å²) >= 11 is 5.92. The van der Waals surface area contributed by atoms with Gasteiger partial charge >= 0.3 is 0 Å². The third-order valence-electron chi connectivity index (χ3n) is 6.55. The molecule has 0 radical (unpaired) electrons. The van der Waals surface area contributed by atoms with Crippen LogP contribution in [0, 0.1) is 23.7 Å². The van der Waals surface area contributed by atoms with Crippen molar-refractivity contribution < 1.29 is 19.1 Å². The zero-order valence-electron chi connectivity index (χ0n) is 17.6. The van der Waals surface area contributed by atoms with Crippen molar-refractivity contribution in [2.75, 3.05) is 7.11 Å². The molecular weight excluding hydrogens is 428 g/mol. The van der Waals surface area contributed by atoms with Crippen molar-refractivity contribution in [1.82, 2.24) is 5.01 Å². The Morgan fingerprint density at radius 3 is 2.25 bits per heavy atom. The van der Waals surface area contributed by atoms with Gasteiger partial charge in [0.25, 0.3) is 11.8 Å². The highest BCUT2D eigenvalue weighted by atomic mass is 35.5. The largest absolute Gasteiger partial charge is 0.493 e. The quantitative estimate of drug-likeness (QED) is 0.370. The molecule has 4 aliphatic rings. The first-order chi connectivity index (χ1) is 15.5. The van der Waals surface area contributed by atoms with Gasteiger partial charge in [-0.15, -0.1) is 0 Å². The number of fused-ring (bicyclic) bond motifs is 1. The predicted molar refractivity (Wildman–Crippen MR) is 121 cm³/mol. The second kappa shape index (κ2) is 8.43. The lowest BCUT2D eigenvalue weighted by atomic mass is 9.63. The van der Waals surface area contributed by atoms with Gasteiger partial charge in [0.2, 0.25) is 0 Å². The molecule has 3 aliphatic carbocycles. The molecule has 1 aliphatic heterocycles. The summed E-state index contributed by atoms with van der Waals surface area (Å²) in [5.41, 5.74) is 1.69. The number of hydrogen-bond donors (Lipinski definition) is 0. The van der Waals surface area contributed by atoms with Crippen molar-refractivity contribution in [3.8, 4) is 11.5 Å². The molecule has 2 fully saturated rings. The number of carbonyl (C=O) groups excluding carboxylic acids is 2. The number of amides is 2. The van der Waals surface area contributed by atoms with Gasteiger partial charge in [-0.3, -0.25) is 9.59 Å². The molecule has 2 aromatic carbocycles. The van der Waals surface area contributed by atoms with Crippen molar-refractivity contribution in [1.29, 1.82) is 0 Å². The van der Waals surface area contributed by atoms with Gasteiger partial charge in [0.05, 0.1) is 25.2 Å². The van der Waals surface area contributed by atoms with Crippen molar-refractivity contribution in [3.63, 3.8) is 0 Å². The standard InChI is InChI=1S/C25H23ClN2O4/c1-31-21-12-16(4-11-20(21)32-14-15-2-9-19(26)10-3-15)13-27-28-24(29)22-17-5-6-18(8-7-17)23(22)25(28)30/h2-6,9-13,17-18,22-23H,7-8,14H2,1H3/b27-13-/t17-,18-,22-,23-/m0/s1. The first-order valence-corrected chi connectivity index (χ1v) is 11.1. The van der Waals surface area contributed by atoms with Crippen LogP contribution in [-0.2, 0) is 16.2 Å². The smallest absolute Gasteiger partial charge is 0.254 e. The van der Waals surface area contributed by atoms with Gasteiger partial charge in [-0.05, 0) is 66.1 Å². The van der Waals surface area contributed by atoms with Crippen molar-refractivity contribution in [3.05, 3.63) is 70.8 Å². The maximum Gasteiger partial charge on any atom is 0.254 e. The Kier molecular flexibility index (Phi) is 5.47. The number of carbonyl (C=O) groups is 2. The first kappa shape index (κ1) is 20.8. The lowest BCUT2D eigenvalue weighted by molar-refractivity contribution is -0.140. The third-order valence-corrected chi connectivity index (χ3v) is 6.81. The van der Waals surface area contributed by atoms with E-state index in [-0.39, 0.29) is 35.5 Å². The van der Waals surface area contributed by atoms with Crippen molar-refractivity contribution in [2.45, 2.75) is 19.4 Å². The SMILES string of the molecule is COc1cc(/C=N\N2C(=O)[C@@H]3[C@@H](C2=O)[C@H]2C=C[C@H]3CC2)ccc1OCc1ccc(Cl)cc1. The Bertz CT molecular complexity index is 1080. The van der Waals surface area contributed by atoms with Gasteiger partial charge in [0, 0.05) is 5.02 Å². The molecule has 1 saturated heterocycles. The summed E-state index contributed by atoms with van der Waals surface area (Å²) in [6.45, 7) is 0.372. The van der Waals surface area contributed by atoms with E-state index in [2.05, 4.69) is 17.3 Å². The van der Waals surface area contributed by atoms with E-state index >= 15 is 0 Å². The van der Waals surface area contributed by atoms with Crippen LogP contribution in [0.1, 0.15) is 24.0 Å². The van der Waals surface area contributed by atoms with Crippen LogP contribution >= 0.6 is 11.6 Å². The average molecular weight is 451 g/mol. The highest BCUT2D eigenvalue weighted by Gasteiger charge is 2.56. The van der Waals surface area contributed by atoms with Gasteiger partial charge in [0.1, 0.15) is 6.61 Å². The van der Waals surface area contributed by atoms with Crippen molar-refractivity contribution >= 4 is 29.6 Å². The Morgan fingerprint density at radius 2 is 1.66 bits per heavy atom. The van der Waals surface area contributed by atoms with E-state index in [1.807, 2.05) is 30.3 Å². The summed E-state index contributed by atoms with van der Waals surface area (Å²) in [6, 6.07) is 12.8. The van der Waals surface area contributed by atoms with Crippen LogP contribution in [0.25, 0.3) is 0 Å². The molecule has 164 valence electrons. The molecule has 6 nitrogen and oxygen atoms in total. The van der Waals surface area contributed by atoms with Crippen LogP contribution in [0.15, 0.2) is 59.7 Å². The zero-order chi connectivity index (χ0) is 22.2. The number of allylic oxidation sites excluding steroid dienone is 2. The fourth-order valence-electron chi connectivity index (χ4n) is 4.92. The lowest BCUT2D eigenvalue weighted by Crippen LogP contribution is -2.38. The predicted octanol–water partition coefficient (Wildman–Crippen LogP) is 4.46. The number of benzene rings is 2. The van der Waals surface area contributed by atoms with Crippen LogP contribution in [0.4, 0.5) is 0 Å². The van der Waals surface area contributed by atoms with E-state index in [9.17, 15) is 9.59 Å². The second-order valence-electron chi connectivity index (χ2n) is 8.40. The molecule has 2 amide bonds. The molecule has 0 unspecified atom stereocenters. The lowest BCUT2D eigenvalue weighted by Gasteiger charge is -2.37. The molecule has 7 heteroatoms. The molecule has 2 bridgehead atoms.